The molecule has 2 saturated carbocycles. The molecule has 3 rings (SSSR count). The van der Waals surface area contributed by atoms with Gasteiger partial charge in [-0.25, -0.2) is 0 Å². The normalized spacial score (nSPS) is 19.1. The molecule has 0 aliphatic heterocycles. The van der Waals surface area contributed by atoms with Crippen molar-refractivity contribution in [3.8, 4) is 0 Å². The molecule has 20 heavy (non-hydrogen) atoms. The van der Waals surface area contributed by atoms with E-state index in [9.17, 15) is 4.79 Å². The predicted octanol–water partition coefficient (Wildman–Crippen LogP) is 2.29. The zero-order valence-electron chi connectivity index (χ0n) is 11.7. The lowest BCUT2D eigenvalue weighted by atomic mass is 10.2. The Morgan fingerprint density at radius 2 is 2.25 bits per heavy atom. The molecule has 0 spiro atoms. The molecule has 0 saturated heterocycles. The first-order valence-corrected chi connectivity index (χ1v) is 7.67. The fraction of sp³-hybridized carbons (Fsp3) is 0.643. The van der Waals surface area contributed by atoms with E-state index in [0.717, 1.165) is 5.82 Å². The third-order valence-electron chi connectivity index (χ3n) is 3.95. The topological polar surface area (TPSA) is 62.7 Å². The molecule has 0 atom stereocenters. The molecule has 0 aromatic carbocycles. The molecule has 5 nitrogen and oxygen atoms in total. The molecule has 2 N–H and O–H groups in total. The van der Waals surface area contributed by atoms with Gasteiger partial charge in [0.15, 0.2) is 4.77 Å². The van der Waals surface area contributed by atoms with Gasteiger partial charge in [0.1, 0.15) is 5.82 Å². The van der Waals surface area contributed by atoms with Crippen LogP contribution >= 0.6 is 12.2 Å². The van der Waals surface area contributed by atoms with E-state index in [-0.39, 0.29) is 5.91 Å². The molecule has 0 radical (unpaired) electrons. The predicted molar refractivity (Wildman–Crippen MR) is 78.9 cm³/mol. The number of carbonyl (C=O) groups is 1. The number of aromatic nitrogens is 3. The van der Waals surface area contributed by atoms with Gasteiger partial charge in [0.25, 0.3) is 0 Å². The maximum atomic E-state index is 11.8. The zero-order valence-corrected chi connectivity index (χ0v) is 12.5. The third-order valence-corrected chi connectivity index (χ3v) is 4.26. The highest BCUT2D eigenvalue weighted by Gasteiger charge is 2.28. The number of rotatable bonds is 6. The molecule has 2 fully saturated rings. The average Bonchev–Trinajstić information content (AvgIpc) is 3.29. The quantitative estimate of drug-likeness (QED) is 0.624. The van der Waals surface area contributed by atoms with E-state index in [1.165, 1.54) is 31.3 Å². The van der Waals surface area contributed by atoms with Gasteiger partial charge < -0.3 is 9.88 Å². The summed E-state index contributed by atoms with van der Waals surface area (Å²) in [6.45, 7) is 3.30. The molecule has 0 unspecified atom stereocenters. The van der Waals surface area contributed by atoms with Crippen molar-refractivity contribution in [2.24, 2.45) is 5.92 Å². The van der Waals surface area contributed by atoms with Crippen molar-refractivity contribution in [3.63, 3.8) is 0 Å². The van der Waals surface area contributed by atoms with E-state index in [1.807, 2.05) is 11.5 Å². The summed E-state index contributed by atoms with van der Waals surface area (Å²) in [5, 5.41) is 10.0. The first-order valence-electron chi connectivity index (χ1n) is 7.26. The van der Waals surface area contributed by atoms with Crippen molar-refractivity contribution in [2.45, 2.75) is 45.1 Å². The molecule has 0 bridgehead atoms. The van der Waals surface area contributed by atoms with Crippen LogP contribution in [0.2, 0.25) is 0 Å². The van der Waals surface area contributed by atoms with Crippen LogP contribution in [-0.2, 0) is 11.3 Å². The van der Waals surface area contributed by atoms with E-state index in [0.29, 0.717) is 29.7 Å². The van der Waals surface area contributed by atoms with E-state index < -0.39 is 0 Å². The fourth-order valence-corrected chi connectivity index (χ4v) is 2.63. The second-order valence-electron chi connectivity index (χ2n) is 5.77. The van der Waals surface area contributed by atoms with Crippen LogP contribution in [0, 0.1) is 10.7 Å². The third kappa shape index (κ3) is 3.17. The van der Waals surface area contributed by atoms with E-state index in [4.69, 9.17) is 12.2 Å². The fourth-order valence-electron chi connectivity index (χ4n) is 2.40. The number of amides is 1. The van der Waals surface area contributed by atoms with Crippen LogP contribution in [0.4, 0.5) is 0 Å². The first-order chi connectivity index (χ1) is 9.65. The highest BCUT2D eigenvalue weighted by Crippen LogP contribution is 2.38. The summed E-state index contributed by atoms with van der Waals surface area (Å²) in [4.78, 5) is 11.8. The second-order valence-corrected chi connectivity index (χ2v) is 6.15. The van der Waals surface area contributed by atoms with Crippen molar-refractivity contribution in [1.29, 1.82) is 0 Å². The Morgan fingerprint density at radius 1 is 1.50 bits per heavy atom. The molecule has 6 heteroatoms. The van der Waals surface area contributed by atoms with Crippen molar-refractivity contribution in [3.05, 3.63) is 22.2 Å². The molecule has 108 valence electrons. The van der Waals surface area contributed by atoms with Crippen LogP contribution in [0.15, 0.2) is 11.6 Å². The number of allylic oxidation sites excluding steroid dienone is 1. The summed E-state index contributed by atoms with van der Waals surface area (Å²) in [7, 11) is 0. The number of hydrogen-bond acceptors (Lipinski definition) is 3. The van der Waals surface area contributed by atoms with Crippen molar-refractivity contribution in [1.82, 2.24) is 20.1 Å². The maximum absolute atomic E-state index is 11.8. The Bertz CT molecular complexity index is 593. The summed E-state index contributed by atoms with van der Waals surface area (Å²) >= 11 is 5.23. The minimum absolute atomic E-state index is 0.00242. The summed E-state index contributed by atoms with van der Waals surface area (Å²) < 4.78 is 2.65. The Hall–Kier alpha value is -1.43. The average molecular weight is 292 g/mol. The van der Waals surface area contributed by atoms with E-state index >= 15 is 0 Å². The Balaban J connectivity index is 1.52. The number of carbonyl (C=O) groups excluding carboxylic acids is 1. The number of nitrogens with zero attached hydrogens (tertiary/aromatic N) is 2. The smallest absolute Gasteiger partial charge is 0.243 e. The van der Waals surface area contributed by atoms with Crippen LogP contribution in [0.25, 0.3) is 0 Å². The van der Waals surface area contributed by atoms with Crippen molar-refractivity contribution < 1.29 is 4.79 Å². The Labute approximate surface area is 123 Å². The number of H-pyrrole nitrogens is 1. The zero-order chi connectivity index (χ0) is 14.1. The van der Waals surface area contributed by atoms with Gasteiger partial charge in [-0.3, -0.25) is 9.89 Å². The van der Waals surface area contributed by atoms with Crippen molar-refractivity contribution in [2.75, 3.05) is 6.54 Å². The monoisotopic (exact) mass is 292 g/mol. The van der Waals surface area contributed by atoms with Crippen molar-refractivity contribution >= 4 is 18.1 Å². The summed E-state index contributed by atoms with van der Waals surface area (Å²) in [6.07, 6.45) is 6.56. The summed E-state index contributed by atoms with van der Waals surface area (Å²) in [5.74, 6) is 2.23. The lowest BCUT2D eigenvalue weighted by Gasteiger charge is -2.07. The highest BCUT2D eigenvalue weighted by atomic mass is 32.1. The van der Waals surface area contributed by atoms with E-state index in [2.05, 4.69) is 15.5 Å². The molecule has 1 aromatic rings. The van der Waals surface area contributed by atoms with Gasteiger partial charge >= 0.3 is 0 Å². The first kappa shape index (κ1) is 13.5. The minimum atomic E-state index is -0.00242. The molecule has 2 aliphatic rings. The van der Waals surface area contributed by atoms with Gasteiger partial charge in [-0.15, -0.1) is 0 Å². The Morgan fingerprint density at radius 3 is 2.90 bits per heavy atom. The molecule has 2 aliphatic carbocycles. The van der Waals surface area contributed by atoms with Gasteiger partial charge in [-0.2, -0.15) is 5.10 Å². The molecule has 1 aromatic heterocycles. The molecule has 1 amide bonds. The lowest BCUT2D eigenvalue weighted by Crippen LogP contribution is -2.26. The van der Waals surface area contributed by atoms with Crippen LogP contribution in [0.1, 0.15) is 44.3 Å². The largest absolute Gasteiger partial charge is 0.351 e. The molecule has 1 heterocycles. The van der Waals surface area contributed by atoms with Crippen LogP contribution in [0.3, 0.4) is 0 Å². The van der Waals surface area contributed by atoms with Crippen LogP contribution < -0.4 is 5.32 Å². The SMILES string of the molecule is C/C(=C/C(=O)NCCn1c(C2CC2)n[nH]c1=S)C1CC1. The number of nitrogens with one attached hydrogen (secondary N) is 2. The van der Waals surface area contributed by atoms with Gasteiger partial charge in [0, 0.05) is 25.1 Å². The number of aromatic amines is 1. The lowest BCUT2D eigenvalue weighted by molar-refractivity contribution is -0.116. The van der Waals surface area contributed by atoms with Gasteiger partial charge in [0.2, 0.25) is 5.91 Å². The highest BCUT2D eigenvalue weighted by molar-refractivity contribution is 7.71. The van der Waals surface area contributed by atoms with Gasteiger partial charge in [-0.1, -0.05) is 5.57 Å². The maximum Gasteiger partial charge on any atom is 0.243 e. The van der Waals surface area contributed by atoms with Gasteiger partial charge in [-0.05, 0) is 50.7 Å². The Kier molecular flexibility index (Phi) is 3.74. The van der Waals surface area contributed by atoms with Crippen LogP contribution in [-0.4, -0.2) is 27.2 Å². The molecular formula is C14H20N4OS. The second kappa shape index (κ2) is 5.52. The standard InChI is InChI=1S/C14H20N4OS/c1-9(10-2-3-10)8-12(19)15-6-7-18-13(11-4-5-11)16-17-14(18)20/h8,10-11H,2-7H2,1H3,(H,15,19)(H,17,20)/b9-8-. The minimum Gasteiger partial charge on any atom is -0.351 e. The summed E-state index contributed by atoms with van der Waals surface area (Å²) in [5.41, 5.74) is 1.20. The van der Waals surface area contributed by atoms with Gasteiger partial charge in [0.05, 0.1) is 0 Å². The molecular weight excluding hydrogens is 272 g/mol. The van der Waals surface area contributed by atoms with Crippen LogP contribution in [0.5, 0.6) is 0 Å². The van der Waals surface area contributed by atoms with E-state index in [1.54, 1.807) is 6.08 Å². The summed E-state index contributed by atoms with van der Waals surface area (Å²) in [6, 6.07) is 0. The number of hydrogen-bond donors (Lipinski definition) is 2.